The lowest BCUT2D eigenvalue weighted by atomic mass is 10.2. The number of hydrogen-bond acceptors (Lipinski definition) is 2. The zero-order valence-electron chi connectivity index (χ0n) is 11.7. The van der Waals surface area contributed by atoms with Crippen molar-refractivity contribution in [1.82, 2.24) is 10.2 Å². The fraction of sp³-hybridized carbons (Fsp3) is 0.600. The molecule has 0 fully saturated rings. The normalized spacial score (nSPS) is 11.4. The number of likely N-dealkylation sites (N-methyl/N-ethyl adjacent to an activating group) is 1. The number of benzene rings is 1. The second-order valence-electron chi connectivity index (χ2n) is 4.84. The van der Waals surface area contributed by atoms with Crippen LogP contribution in [0.5, 0.6) is 0 Å². The van der Waals surface area contributed by atoms with Crippen molar-refractivity contribution in [3.05, 3.63) is 34.3 Å². The summed E-state index contributed by atoms with van der Waals surface area (Å²) in [6.45, 7) is 7.64. The van der Waals surface area contributed by atoms with Gasteiger partial charge in [0.2, 0.25) is 0 Å². The molecule has 0 bridgehead atoms. The van der Waals surface area contributed by atoms with Crippen LogP contribution in [0, 0.1) is 0 Å². The van der Waals surface area contributed by atoms with Gasteiger partial charge in [-0.15, -0.1) is 0 Å². The first-order valence-electron chi connectivity index (χ1n) is 6.82. The predicted octanol–water partition coefficient (Wildman–Crippen LogP) is 3.66. The van der Waals surface area contributed by atoms with E-state index in [1.807, 2.05) is 0 Å². The molecule has 0 spiro atoms. The van der Waals surface area contributed by atoms with E-state index in [1.54, 1.807) is 0 Å². The Kier molecular flexibility index (Phi) is 7.56. The van der Waals surface area contributed by atoms with E-state index in [1.165, 1.54) is 18.4 Å². The average Bonchev–Trinajstić information content (AvgIpc) is 2.34. The van der Waals surface area contributed by atoms with Gasteiger partial charge in [-0.05, 0) is 37.6 Å². The standard InChI is InChI=1S/C15H25BrN2/c1-4-15(5-2)17-9-10-18(3)12-13-7-6-8-14(16)11-13/h6-8,11,15,17H,4-5,9-10,12H2,1-3H3. The monoisotopic (exact) mass is 312 g/mol. The first-order valence-corrected chi connectivity index (χ1v) is 7.61. The van der Waals surface area contributed by atoms with Crippen molar-refractivity contribution in [2.45, 2.75) is 39.3 Å². The van der Waals surface area contributed by atoms with Crippen molar-refractivity contribution in [2.75, 3.05) is 20.1 Å². The molecular formula is C15H25BrN2. The van der Waals surface area contributed by atoms with E-state index in [-0.39, 0.29) is 0 Å². The lowest BCUT2D eigenvalue weighted by Crippen LogP contribution is -2.35. The quantitative estimate of drug-likeness (QED) is 0.788. The molecule has 0 saturated carbocycles. The lowest BCUT2D eigenvalue weighted by molar-refractivity contribution is 0.314. The van der Waals surface area contributed by atoms with Crippen LogP contribution in [0.3, 0.4) is 0 Å². The van der Waals surface area contributed by atoms with Crippen LogP contribution < -0.4 is 5.32 Å². The molecule has 0 amide bonds. The van der Waals surface area contributed by atoms with Crippen molar-refractivity contribution < 1.29 is 0 Å². The predicted molar refractivity (Wildman–Crippen MR) is 82.8 cm³/mol. The van der Waals surface area contributed by atoms with Gasteiger partial charge in [-0.2, -0.15) is 0 Å². The molecule has 0 aromatic heterocycles. The van der Waals surface area contributed by atoms with Gasteiger partial charge in [-0.1, -0.05) is 41.9 Å². The Labute approximate surface area is 120 Å². The maximum Gasteiger partial charge on any atom is 0.0231 e. The van der Waals surface area contributed by atoms with Crippen LogP contribution in [0.1, 0.15) is 32.3 Å². The summed E-state index contributed by atoms with van der Waals surface area (Å²) in [5.74, 6) is 0. The minimum Gasteiger partial charge on any atom is -0.313 e. The van der Waals surface area contributed by atoms with Crippen LogP contribution in [0.2, 0.25) is 0 Å². The van der Waals surface area contributed by atoms with Crippen LogP contribution in [0.15, 0.2) is 28.7 Å². The minimum absolute atomic E-state index is 0.671. The molecule has 2 nitrogen and oxygen atoms in total. The largest absolute Gasteiger partial charge is 0.313 e. The Morgan fingerprint density at radius 1 is 1.28 bits per heavy atom. The van der Waals surface area contributed by atoms with Crippen LogP contribution in [0.25, 0.3) is 0 Å². The Morgan fingerprint density at radius 3 is 2.61 bits per heavy atom. The number of nitrogens with one attached hydrogen (secondary N) is 1. The third-order valence-electron chi connectivity index (χ3n) is 3.25. The Balaban J connectivity index is 2.27. The summed E-state index contributed by atoms with van der Waals surface area (Å²) in [5.41, 5.74) is 1.36. The van der Waals surface area contributed by atoms with Crippen LogP contribution in [0.4, 0.5) is 0 Å². The summed E-state index contributed by atoms with van der Waals surface area (Å²) in [7, 11) is 2.18. The maximum atomic E-state index is 3.60. The van der Waals surface area contributed by atoms with E-state index in [2.05, 4.69) is 71.3 Å². The summed E-state index contributed by atoms with van der Waals surface area (Å²) in [5, 5.41) is 3.60. The Morgan fingerprint density at radius 2 is 2.00 bits per heavy atom. The molecule has 0 atom stereocenters. The van der Waals surface area contributed by atoms with Gasteiger partial charge in [-0.25, -0.2) is 0 Å². The van der Waals surface area contributed by atoms with Gasteiger partial charge in [-0.3, -0.25) is 0 Å². The van der Waals surface area contributed by atoms with Gasteiger partial charge in [0.25, 0.3) is 0 Å². The molecule has 3 heteroatoms. The lowest BCUT2D eigenvalue weighted by Gasteiger charge is -2.20. The second kappa shape index (κ2) is 8.68. The molecule has 102 valence electrons. The molecule has 0 aliphatic carbocycles. The maximum absolute atomic E-state index is 3.60. The molecular weight excluding hydrogens is 288 g/mol. The summed E-state index contributed by atoms with van der Waals surface area (Å²) in [4.78, 5) is 2.36. The first kappa shape index (κ1) is 15.7. The van der Waals surface area contributed by atoms with Crippen LogP contribution in [-0.2, 0) is 6.54 Å². The molecule has 0 heterocycles. The Bertz CT molecular complexity index is 337. The van der Waals surface area contributed by atoms with Crippen LogP contribution >= 0.6 is 15.9 Å². The van der Waals surface area contributed by atoms with E-state index < -0.39 is 0 Å². The summed E-state index contributed by atoms with van der Waals surface area (Å²) >= 11 is 3.51. The molecule has 0 unspecified atom stereocenters. The molecule has 1 N–H and O–H groups in total. The van der Waals surface area contributed by atoms with E-state index >= 15 is 0 Å². The van der Waals surface area contributed by atoms with Gasteiger partial charge >= 0.3 is 0 Å². The zero-order valence-corrected chi connectivity index (χ0v) is 13.3. The molecule has 0 aliphatic heterocycles. The number of nitrogens with zero attached hydrogens (tertiary/aromatic N) is 1. The molecule has 1 aromatic rings. The third-order valence-corrected chi connectivity index (χ3v) is 3.75. The highest BCUT2D eigenvalue weighted by Crippen LogP contribution is 2.12. The number of halogens is 1. The van der Waals surface area contributed by atoms with Crippen molar-refractivity contribution >= 4 is 15.9 Å². The van der Waals surface area contributed by atoms with Crippen molar-refractivity contribution in [2.24, 2.45) is 0 Å². The van der Waals surface area contributed by atoms with E-state index in [0.29, 0.717) is 6.04 Å². The van der Waals surface area contributed by atoms with E-state index in [0.717, 1.165) is 24.1 Å². The fourth-order valence-electron chi connectivity index (χ4n) is 2.06. The second-order valence-corrected chi connectivity index (χ2v) is 5.75. The summed E-state index contributed by atoms with van der Waals surface area (Å²) in [6.07, 6.45) is 2.43. The third kappa shape index (κ3) is 5.98. The fourth-order valence-corrected chi connectivity index (χ4v) is 2.51. The van der Waals surface area contributed by atoms with E-state index in [4.69, 9.17) is 0 Å². The highest BCUT2D eigenvalue weighted by Gasteiger charge is 2.04. The van der Waals surface area contributed by atoms with Crippen molar-refractivity contribution in [3.8, 4) is 0 Å². The summed E-state index contributed by atoms with van der Waals surface area (Å²) < 4.78 is 1.16. The molecule has 0 saturated heterocycles. The smallest absolute Gasteiger partial charge is 0.0231 e. The van der Waals surface area contributed by atoms with Gasteiger partial charge in [0.15, 0.2) is 0 Å². The van der Waals surface area contributed by atoms with Crippen molar-refractivity contribution in [3.63, 3.8) is 0 Å². The zero-order chi connectivity index (χ0) is 13.4. The molecule has 1 aromatic carbocycles. The van der Waals surface area contributed by atoms with Crippen LogP contribution in [-0.4, -0.2) is 31.1 Å². The first-order chi connectivity index (χ1) is 8.65. The van der Waals surface area contributed by atoms with Crippen molar-refractivity contribution in [1.29, 1.82) is 0 Å². The molecule has 18 heavy (non-hydrogen) atoms. The highest BCUT2D eigenvalue weighted by atomic mass is 79.9. The summed E-state index contributed by atoms with van der Waals surface area (Å²) in [6, 6.07) is 9.19. The van der Waals surface area contributed by atoms with Gasteiger partial charge in [0, 0.05) is 30.1 Å². The van der Waals surface area contributed by atoms with Gasteiger partial charge in [0.05, 0.1) is 0 Å². The molecule has 0 radical (unpaired) electrons. The highest BCUT2D eigenvalue weighted by molar-refractivity contribution is 9.10. The number of hydrogen-bond donors (Lipinski definition) is 1. The molecule has 1 rings (SSSR count). The SMILES string of the molecule is CCC(CC)NCCN(C)Cc1cccc(Br)c1. The minimum atomic E-state index is 0.671. The number of rotatable bonds is 8. The van der Waals surface area contributed by atoms with Gasteiger partial charge in [0.1, 0.15) is 0 Å². The Hall–Kier alpha value is -0.380. The van der Waals surface area contributed by atoms with E-state index in [9.17, 15) is 0 Å². The van der Waals surface area contributed by atoms with Gasteiger partial charge < -0.3 is 10.2 Å². The molecule has 0 aliphatic rings. The average molecular weight is 313 g/mol. The topological polar surface area (TPSA) is 15.3 Å².